The first kappa shape index (κ1) is 28.3. The first-order valence-electron chi connectivity index (χ1n) is 16.3. The van der Waals surface area contributed by atoms with E-state index in [1.807, 2.05) is 11.3 Å². The van der Waals surface area contributed by atoms with Crippen molar-refractivity contribution in [1.29, 1.82) is 0 Å². The van der Waals surface area contributed by atoms with E-state index in [2.05, 4.69) is 193 Å². The summed E-state index contributed by atoms with van der Waals surface area (Å²) in [5.74, 6) is 0. The Bertz CT molecular complexity index is 2530. The van der Waals surface area contributed by atoms with Crippen LogP contribution in [0.2, 0.25) is 0 Å². The number of rotatable bonds is 6. The molecule has 9 rings (SSSR count). The van der Waals surface area contributed by atoms with Gasteiger partial charge in [-0.15, -0.1) is 11.3 Å². The Balaban J connectivity index is 1.24. The minimum absolute atomic E-state index is 1.11. The fourth-order valence-electron chi connectivity index (χ4n) is 6.87. The molecule has 9 aromatic rings. The van der Waals surface area contributed by atoms with E-state index in [-0.39, 0.29) is 0 Å². The van der Waals surface area contributed by atoms with Crippen molar-refractivity contribution >= 4 is 59.3 Å². The van der Waals surface area contributed by atoms with Crippen molar-refractivity contribution in [1.82, 2.24) is 0 Å². The van der Waals surface area contributed by atoms with Gasteiger partial charge in [0.15, 0.2) is 0 Å². The third-order valence-corrected chi connectivity index (χ3v) is 10.4. The molecule has 0 amide bonds. The molecular formula is C46H31NS. The van der Waals surface area contributed by atoms with Gasteiger partial charge in [0.1, 0.15) is 0 Å². The van der Waals surface area contributed by atoms with Gasteiger partial charge < -0.3 is 4.90 Å². The summed E-state index contributed by atoms with van der Waals surface area (Å²) in [6.45, 7) is 0. The highest BCUT2D eigenvalue weighted by Gasteiger charge is 2.17. The molecule has 2 heteroatoms. The highest BCUT2D eigenvalue weighted by atomic mass is 32.1. The number of hydrogen-bond acceptors (Lipinski definition) is 2. The quantitative estimate of drug-likeness (QED) is 0.177. The number of thiophene rings is 1. The topological polar surface area (TPSA) is 3.24 Å². The molecule has 1 aromatic heterocycles. The van der Waals surface area contributed by atoms with Gasteiger partial charge >= 0.3 is 0 Å². The SMILES string of the molecule is c1ccc(-c2ccc(N(c3ccc(-c4ccccc4)c(-c4ccccc4)c3)c3ccc4cc5sc6ccccc6c5cc4c3)cc2)cc1. The Kier molecular flexibility index (Phi) is 7.07. The highest BCUT2D eigenvalue weighted by molar-refractivity contribution is 7.25. The fraction of sp³-hybridized carbons (Fsp3) is 0. The summed E-state index contributed by atoms with van der Waals surface area (Å²) in [7, 11) is 0. The molecule has 0 radical (unpaired) electrons. The smallest absolute Gasteiger partial charge is 0.0468 e. The summed E-state index contributed by atoms with van der Waals surface area (Å²) < 4.78 is 2.66. The molecule has 8 aromatic carbocycles. The van der Waals surface area contributed by atoms with Crippen LogP contribution in [-0.4, -0.2) is 0 Å². The fourth-order valence-corrected chi connectivity index (χ4v) is 8.01. The Morgan fingerprint density at radius 2 is 0.875 bits per heavy atom. The molecule has 0 saturated heterocycles. The predicted molar refractivity (Wildman–Crippen MR) is 208 cm³/mol. The molecular weight excluding hydrogens is 599 g/mol. The molecule has 0 spiro atoms. The van der Waals surface area contributed by atoms with E-state index in [9.17, 15) is 0 Å². The van der Waals surface area contributed by atoms with Crippen molar-refractivity contribution in [3.63, 3.8) is 0 Å². The molecule has 0 N–H and O–H groups in total. The minimum Gasteiger partial charge on any atom is -0.310 e. The average molecular weight is 630 g/mol. The molecule has 0 atom stereocenters. The maximum absolute atomic E-state index is 2.39. The van der Waals surface area contributed by atoms with Gasteiger partial charge in [-0.25, -0.2) is 0 Å². The third kappa shape index (κ3) is 5.13. The summed E-state index contributed by atoms with van der Waals surface area (Å²) in [4.78, 5) is 2.39. The van der Waals surface area contributed by atoms with Crippen LogP contribution < -0.4 is 4.90 Å². The molecule has 48 heavy (non-hydrogen) atoms. The van der Waals surface area contributed by atoms with Crippen molar-refractivity contribution in [2.45, 2.75) is 0 Å². The lowest BCUT2D eigenvalue weighted by Crippen LogP contribution is -2.10. The standard InChI is InChI=1S/C46H31NS/c1-4-12-32(13-5-1)33-20-23-38(24-21-33)47(39-25-22-36-30-46-44(29-37(36)28-39)42-18-10-11-19-45(42)48-46)40-26-27-41(34-14-6-2-7-15-34)43(31-40)35-16-8-3-9-17-35/h1-31H. The zero-order valence-corrected chi connectivity index (χ0v) is 27.1. The number of benzene rings is 8. The van der Waals surface area contributed by atoms with E-state index >= 15 is 0 Å². The average Bonchev–Trinajstić information content (AvgIpc) is 3.52. The highest BCUT2D eigenvalue weighted by Crippen LogP contribution is 2.43. The zero-order chi connectivity index (χ0) is 31.9. The van der Waals surface area contributed by atoms with E-state index < -0.39 is 0 Å². The van der Waals surface area contributed by atoms with Crippen LogP contribution in [0.1, 0.15) is 0 Å². The molecule has 0 aliphatic carbocycles. The largest absolute Gasteiger partial charge is 0.310 e. The molecule has 0 aliphatic heterocycles. The van der Waals surface area contributed by atoms with Crippen LogP contribution in [0.25, 0.3) is 64.3 Å². The van der Waals surface area contributed by atoms with Gasteiger partial charge in [-0.05, 0) is 98.8 Å². The molecule has 0 bridgehead atoms. The van der Waals surface area contributed by atoms with Crippen LogP contribution >= 0.6 is 11.3 Å². The van der Waals surface area contributed by atoms with Crippen LogP contribution in [0.3, 0.4) is 0 Å². The Morgan fingerprint density at radius 1 is 0.312 bits per heavy atom. The Hall–Kier alpha value is -5.96. The molecule has 1 nitrogen and oxygen atoms in total. The second-order valence-corrected chi connectivity index (χ2v) is 13.3. The molecule has 0 saturated carbocycles. The van der Waals surface area contributed by atoms with Gasteiger partial charge in [0.2, 0.25) is 0 Å². The van der Waals surface area contributed by atoms with Gasteiger partial charge in [0.05, 0.1) is 0 Å². The van der Waals surface area contributed by atoms with Crippen molar-refractivity contribution < 1.29 is 0 Å². The van der Waals surface area contributed by atoms with E-state index in [1.165, 1.54) is 64.3 Å². The van der Waals surface area contributed by atoms with Crippen LogP contribution in [0.15, 0.2) is 188 Å². The second kappa shape index (κ2) is 12.0. The lowest BCUT2D eigenvalue weighted by atomic mass is 9.93. The Labute approximate surface area is 284 Å². The lowest BCUT2D eigenvalue weighted by molar-refractivity contribution is 1.29. The van der Waals surface area contributed by atoms with E-state index in [0.717, 1.165) is 17.1 Å². The number of fused-ring (bicyclic) bond motifs is 4. The van der Waals surface area contributed by atoms with E-state index in [0.29, 0.717) is 0 Å². The van der Waals surface area contributed by atoms with Crippen molar-refractivity contribution in [2.75, 3.05) is 4.90 Å². The van der Waals surface area contributed by atoms with Crippen LogP contribution in [0.4, 0.5) is 17.1 Å². The van der Waals surface area contributed by atoms with Gasteiger partial charge in [0.25, 0.3) is 0 Å². The summed E-state index contributed by atoms with van der Waals surface area (Å²) >= 11 is 1.87. The van der Waals surface area contributed by atoms with Gasteiger partial charge in [-0.1, -0.05) is 133 Å². The first-order chi connectivity index (χ1) is 23.8. The summed E-state index contributed by atoms with van der Waals surface area (Å²) in [6, 6.07) is 68.2. The zero-order valence-electron chi connectivity index (χ0n) is 26.3. The first-order valence-corrected chi connectivity index (χ1v) is 17.2. The van der Waals surface area contributed by atoms with Crippen LogP contribution in [0, 0.1) is 0 Å². The number of nitrogens with zero attached hydrogens (tertiary/aromatic N) is 1. The maximum atomic E-state index is 2.39. The van der Waals surface area contributed by atoms with Crippen LogP contribution in [0.5, 0.6) is 0 Å². The molecule has 0 fully saturated rings. The van der Waals surface area contributed by atoms with Gasteiger partial charge in [-0.3, -0.25) is 0 Å². The predicted octanol–water partition coefficient (Wildman–Crippen LogP) is 13.7. The third-order valence-electron chi connectivity index (χ3n) is 9.24. The monoisotopic (exact) mass is 629 g/mol. The lowest BCUT2D eigenvalue weighted by Gasteiger charge is -2.27. The minimum atomic E-state index is 1.11. The van der Waals surface area contributed by atoms with Crippen LogP contribution in [-0.2, 0) is 0 Å². The second-order valence-electron chi connectivity index (χ2n) is 12.2. The molecule has 0 unspecified atom stereocenters. The van der Waals surface area contributed by atoms with E-state index in [1.54, 1.807) is 0 Å². The number of anilines is 3. The van der Waals surface area contributed by atoms with Crippen molar-refractivity contribution in [3.8, 4) is 33.4 Å². The molecule has 0 aliphatic rings. The molecule has 226 valence electrons. The van der Waals surface area contributed by atoms with Crippen molar-refractivity contribution in [2.24, 2.45) is 0 Å². The maximum Gasteiger partial charge on any atom is 0.0468 e. The molecule has 1 heterocycles. The van der Waals surface area contributed by atoms with Crippen molar-refractivity contribution in [3.05, 3.63) is 188 Å². The summed E-state index contributed by atoms with van der Waals surface area (Å²) in [5, 5.41) is 5.12. The Morgan fingerprint density at radius 3 is 1.60 bits per heavy atom. The summed E-state index contributed by atoms with van der Waals surface area (Å²) in [6.07, 6.45) is 0. The van der Waals surface area contributed by atoms with E-state index in [4.69, 9.17) is 0 Å². The summed E-state index contributed by atoms with van der Waals surface area (Å²) in [5.41, 5.74) is 10.6. The van der Waals surface area contributed by atoms with Gasteiger partial charge in [0, 0.05) is 37.2 Å². The van der Waals surface area contributed by atoms with Gasteiger partial charge in [-0.2, -0.15) is 0 Å². The normalized spacial score (nSPS) is 11.3. The number of hydrogen-bond donors (Lipinski definition) is 0.